The number of nitrogen functional groups attached to an aromatic ring is 1. The van der Waals surface area contributed by atoms with Gasteiger partial charge in [-0.15, -0.1) is 0 Å². The molecule has 0 aromatic heterocycles. The molecule has 0 saturated carbocycles. The molecule has 1 fully saturated rings. The van der Waals surface area contributed by atoms with E-state index >= 15 is 0 Å². The first-order valence-electron chi connectivity index (χ1n) is 5.88. The highest BCUT2D eigenvalue weighted by molar-refractivity contribution is 5.96. The average Bonchev–Trinajstić information content (AvgIpc) is 2.77. The van der Waals surface area contributed by atoms with Crippen molar-refractivity contribution in [3.8, 4) is 0 Å². The van der Waals surface area contributed by atoms with Crippen molar-refractivity contribution in [1.29, 1.82) is 5.41 Å². The number of ether oxygens (including phenoxy) is 1. The van der Waals surface area contributed by atoms with Crippen molar-refractivity contribution in [1.82, 2.24) is 4.90 Å². The van der Waals surface area contributed by atoms with Crippen LogP contribution in [0.5, 0.6) is 0 Å². The molecule has 0 amide bonds. The van der Waals surface area contributed by atoms with E-state index in [0.717, 1.165) is 37.2 Å². The summed E-state index contributed by atoms with van der Waals surface area (Å²) in [6.07, 6.45) is 1.43. The summed E-state index contributed by atoms with van der Waals surface area (Å²) >= 11 is 0. The van der Waals surface area contributed by atoms with Gasteiger partial charge in [0.05, 0.1) is 6.10 Å². The molecule has 4 nitrogen and oxygen atoms in total. The number of nitrogens with zero attached hydrogens (tertiary/aromatic N) is 1. The molecule has 92 valence electrons. The van der Waals surface area contributed by atoms with Crippen molar-refractivity contribution in [3.05, 3.63) is 35.4 Å². The number of rotatable bonds is 4. The molecule has 1 aromatic carbocycles. The molecule has 1 saturated heterocycles. The Morgan fingerprint density at radius 1 is 1.53 bits per heavy atom. The molecule has 1 unspecified atom stereocenters. The maximum Gasteiger partial charge on any atom is 0.123 e. The Morgan fingerprint density at radius 2 is 2.29 bits per heavy atom. The second kappa shape index (κ2) is 5.29. The van der Waals surface area contributed by atoms with E-state index in [1.807, 2.05) is 24.3 Å². The molecule has 1 aliphatic rings. The Morgan fingerprint density at radius 3 is 2.94 bits per heavy atom. The highest BCUT2D eigenvalue weighted by Gasteiger charge is 2.22. The first-order valence-corrected chi connectivity index (χ1v) is 5.88. The number of likely N-dealkylation sites (tertiary alicyclic amines) is 1. The molecule has 3 N–H and O–H groups in total. The van der Waals surface area contributed by atoms with E-state index in [1.54, 1.807) is 7.11 Å². The number of nitrogens with two attached hydrogens (primary N) is 1. The minimum Gasteiger partial charge on any atom is -0.384 e. The fraction of sp³-hybridized carbons (Fsp3) is 0.462. The van der Waals surface area contributed by atoms with Gasteiger partial charge in [0.1, 0.15) is 5.84 Å². The molecule has 1 aromatic rings. The van der Waals surface area contributed by atoms with Gasteiger partial charge in [-0.3, -0.25) is 10.3 Å². The van der Waals surface area contributed by atoms with E-state index in [-0.39, 0.29) is 5.84 Å². The molecule has 0 spiro atoms. The summed E-state index contributed by atoms with van der Waals surface area (Å²) in [7, 11) is 1.76. The molecule has 1 aliphatic heterocycles. The molecule has 0 bridgehead atoms. The van der Waals surface area contributed by atoms with Crippen LogP contribution in [0.4, 0.5) is 0 Å². The first-order chi connectivity index (χ1) is 8.20. The number of methoxy groups -OCH3 is 1. The maximum absolute atomic E-state index is 7.56. The lowest BCUT2D eigenvalue weighted by Crippen LogP contribution is -2.24. The molecule has 0 aliphatic carbocycles. The van der Waals surface area contributed by atoms with Crippen molar-refractivity contribution in [3.63, 3.8) is 0 Å². The highest BCUT2D eigenvalue weighted by Crippen LogP contribution is 2.17. The number of amidine groups is 1. The third-order valence-corrected chi connectivity index (χ3v) is 3.26. The Labute approximate surface area is 102 Å². The van der Waals surface area contributed by atoms with Crippen LogP contribution in [-0.2, 0) is 11.3 Å². The molecule has 0 radical (unpaired) electrons. The zero-order chi connectivity index (χ0) is 12.3. The minimum atomic E-state index is 0.142. The SMILES string of the molecule is COC1CCN(Cc2ccccc2C(=N)N)C1. The van der Waals surface area contributed by atoms with Crippen LogP contribution in [0.15, 0.2) is 24.3 Å². The second-order valence-electron chi connectivity index (χ2n) is 4.45. The summed E-state index contributed by atoms with van der Waals surface area (Å²) < 4.78 is 5.35. The predicted octanol–water partition coefficient (Wildman–Crippen LogP) is 1.19. The summed E-state index contributed by atoms with van der Waals surface area (Å²) in [4.78, 5) is 2.34. The Bertz CT molecular complexity index is 405. The smallest absolute Gasteiger partial charge is 0.123 e. The number of benzene rings is 1. The van der Waals surface area contributed by atoms with Gasteiger partial charge < -0.3 is 10.5 Å². The van der Waals surface area contributed by atoms with Gasteiger partial charge in [0.25, 0.3) is 0 Å². The topological polar surface area (TPSA) is 62.3 Å². The monoisotopic (exact) mass is 233 g/mol. The van der Waals surface area contributed by atoms with E-state index in [0.29, 0.717) is 6.10 Å². The van der Waals surface area contributed by atoms with Gasteiger partial charge in [0.2, 0.25) is 0 Å². The lowest BCUT2D eigenvalue weighted by molar-refractivity contribution is 0.107. The van der Waals surface area contributed by atoms with E-state index in [9.17, 15) is 0 Å². The molecule has 1 atom stereocenters. The van der Waals surface area contributed by atoms with E-state index in [2.05, 4.69) is 4.90 Å². The van der Waals surface area contributed by atoms with Crippen molar-refractivity contribution in [2.45, 2.75) is 19.1 Å². The van der Waals surface area contributed by atoms with Gasteiger partial charge in [-0.2, -0.15) is 0 Å². The molecule has 17 heavy (non-hydrogen) atoms. The van der Waals surface area contributed by atoms with Crippen LogP contribution in [0.1, 0.15) is 17.5 Å². The van der Waals surface area contributed by atoms with Crippen molar-refractivity contribution in [2.75, 3.05) is 20.2 Å². The fourth-order valence-corrected chi connectivity index (χ4v) is 2.29. The normalized spacial score (nSPS) is 20.6. The third-order valence-electron chi connectivity index (χ3n) is 3.26. The minimum absolute atomic E-state index is 0.142. The molecule has 2 rings (SSSR count). The summed E-state index contributed by atoms with van der Waals surface area (Å²) in [5, 5.41) is 7.56. The summed E-state index contributed by atoms with van der Waals surface area (Å²) in [6.45, 7) is 2.85. The van der Waals surface area contributed by atoms with E-state index in [4.69, 9.17) is 15.9 Å². The van der Waals surface area contributed by atoms with Crippen molar-refractivity contribution in [2.24, 2.45) is 5.73 Å². The Balaban J connectivity index is 2.06. The lowest BCUT2D eigenvalue weighted by Gasteiger charge is -2.17. The van der Waals surface area contributed by atoms with Crippen molar-refractivity contribution >= 4 is 5.84 Å². The highest BCUT2D eigenvalue weighted by atomic mass is 16.5. The molecule has 1 heterocycles. The molecular weight excluding hydrogens is 214 g/mol. The van der Waals surface area contributed by atoms with Gasteiger partial charge in [0, 0.05) is 32.3 Å². The Kier molecular flexibility index (Phi) is 3.76. The largest absolute Gasteiger partial charge is 0.384 e. The number of nitrogens with one attached hydrogen (secondary N) is 1. The van der Waals surface area contributed by atoms with Crippen LogP contribution >= 0.6 is 0 Å². The zero-order valence-electron chi connectivity index (χ0n) is 10.1. The summed E-state index contributed by atoms with van der Waals surface area (Å²) in [5.74, 6) is 0.142. The van der Waals surface area contributed by atoms with Crippen LogP contribution in [0, 0.1) is 5.41 Å². The maximum atomic E-state index is 7.56. The number of hydrogen-bond donors (Lipinski definition) is 2. The van der Waals surface area contributed by atoms with E-state index in [1.165, 1.54) is 0 Å². The standard InChI is InChI=1S/C13H19N3O/c1-17-11-6-7-16(9-11)8-10-4-2-3-5-12(10)13(14)15/h2-5,11H,6-9H2,1H3,(H3,14,15). The predicted molar refractivity (Wildman–Crippen MR) is 68.1 cm³/mol. The first kappa shape index (κ1) is 12.1. The fourth-order valence-electron chi connectivity index (χ4n) is 2.29. The second-order valence-corrected chi connectivity index (χ2v) is 4.45. The molecular formula is C13H19N3O. The lowest BCUT2D eigenvalue weighted by atomic mass is 10.1. The van der Waals surface area contributed by atoms with Crippen LogP contribution in [-0.4, -0.2) is 37.0 Å². The zero-order valence-corrected chi connectivity index (χ0v) is 10.1. The van der Waals surface area contributed by atoms with Crippen LogP contribution < -0.4 is 5.73 Å². The van der Waals surface area contributed by atoms with Gasteiger partial charge in [-0.25, -0.2) is 0 Å². The number of hydrogen-bond acceptors (Lipinski definition) is 3. The summed E-state index contributed by atoms with van der Waals surface area (Å²) in [6, 6.07) is 7.85. The summed E-state index contributed by atoms with van der Waals surface area (Å²) in [5.41, 5.74) is 7.55. The third kappa shape index (κ3) is 2.84. The van der Waals surface area contributed by atoms with Gasteiger partial charge in [0.15, 0.2) is 0 Å². The van der Waals surface area contributed by atoms with Crippen LogP contribution in [0.2, 0.25) is 0 Å². The quantitative estimate of drug-likeness (QED) is 0.606. The Hall–Kier alpha value is -1.39. The molecule has 4 heteroatoms. The van der Waals surface area contributed by atoms with E-state index < -0.39 is 0 Å². The van der Waals surface area contributed by atoms with Gasteiger partial charge in [-0.05, 0) is 12.0 Å². The average molecular weight is 233 g/mol. The van der Waals surface area contributed by atoms with Crippen molar-refractivity contribution < 1.29 is 4.74 Å². The van der Waals surface area contributed by atoms with Gasteiger partial charge in [-0.1, -0.05) is 24.3 Å². The van der Waals surface area contributed by atoms with Crippen LogP contribution in [0.3, 0.4) is 0 Å². The van der Waals surface area contributed by atoms with Gasteiger partial charge >= 0.3 is 0 Å². The van der Waals surface area contributed by atoms with Crippen LogP contribution in [0.25, 0.3) is 0 Å².